The van der Waals surface area contributed by atoms with E-state index in [-0.39, 0.29) is 17.6 Å². The van der Waals surface area contributed by atoms with Crippen LogP contribution in [0.1, 0.15) is 78.1 Å². The summed E-state index contributed by atoms with van der Waals surface area (Å²) in [5.41, 5.74) is 0.655. The van der Waals surface area contributed by atoms with Crippen molar-refractivity contribution in [3.05, 3.63) is 0 Å². The van der Waals surface area contributed by atoms with Crippen molar-refractivity contribution in [2.24, 2.45) is 34.5 Å². The Labute approximate surface area is 135 Å². The number of aliphatic hydroxyl groups is 2. The largest absolute Gasteiger partial charge is 0.393 e. The fourth-order valence-electron chi connectivity index (χ4n) is 7.40. The molecule has 0 spiro atoms. The maximum Gasteiger partial charge on any atom is 0.0596 e. The Kier molecular flexibility index (Phi) is 3.66. The van der Waals surface area contributed by atoms with E-state index in [9.17, 15) is 10.2 Å². The van der Waals surface area contributed by atoms with Crippen molar-refractivity contribution in [2.45, 2.75) is 90.3 Å². The fourth-order valence-corrected chi connectivity index (χ4v) is 7.40. The molecule has 22 heavy (non-hydrogen) atoms. The molecular weight excluding hydrogens is 272 g/mol. The molecule has 8 atom stereocenters. The van der Waals surface area contributed by atoms with Crippen LogP contribution in [0.5, 0.6) is 0 Å². The third-order valence-electron chi connectivity index (χ3n) is 8.83. The lowest BCUT2D eigenvalue weighted by Gasteiger charge is -2.63. The number of hydrogen-bond acceptors (Lipinski definition) is 2. The van der Waals surface area contributed by atoms with E-state index in [0.29, 0.717) is 5.41 Å². The summed E-state index contributed by atoms with van der Waals surface area (Å²) in [5, 5.41) is 20.7. The lowest BCUT2D eigenvalue weighted by Crippen LogP contribution is -2.57. The van der Waals surface area contributed by atoms with E-state index in [4.69, 9.17) is 0 Å². The zero-order valence-corrected chi connectivity index (χ0v) is 14.4. The predicted octanol–water partition coefficient (Wildman–Crippen LogP) is 4.14. The van der Waals surface area contributed by atoms with Gasteiger partial charge in [-0.25, -0.2) is 0 Å². The molecule has 0 saturated heterocycles. The van der Waals surface area contributed by atoms with E-state index in [0.717, 1.165) is 42.9 Å². The van der Waals surface area contributed by atoms with Gasteiger partial charge in [-0.05, 0) is 92.3 Å². The van der Waals surface area contributed by atoms with E-state index < -0.39 is 0 Å². The molecule has 4 aliphatic rings. The van der Waals surface area contributed by atoms with Crippen molar-refractivity contribution >= 4 is 0 Å². The summed E-state index contributed by atoms with van der Waals surface area (Å²) in [6.45, 7) is 4.93. The minimum atomic E-state index is -0.0640. The van der Waals surface area contributed by atoms with Gasteiger partial charge in [-0.2, -0.15) is 0 Å². The Morgan fingerprint density at radius 1 is 0.773 bits per heavy atom. The van der Waals surface area contributed by atoms with Crippen LogP contribution in [0, 0.1) is 34.5 Å². The highest BCUT2D eigenvalue weighted by molar-refractivity contribution is 5.08. The molecule has 0 aliphatic heterocycles. The third-order valence-corrected chi connectivity index (χ3v) is 8.83. The molecule has 2 heteroatoms. The van der Waals surface area contributed by atoms with Crippen molar-refractivity contribution in [2.75, 3.05) is 0 Å². The summed E-state index contributed by atoms with van der Waals surface area (Å²) in [5.74, 6) is 3.18. The van der Waals surface area contributed by atoms with Crippen LogP contribution in [0.25, 0.3) is 0 Å². The Balaban J connectivity index is 1.62. The van der Waals surface area contributed by atoms with Gasteiger partial charge in [0.15, 0.2) is 0 Å². The molecule has 126 valence electrons. The summed E-state index contributed by atoms with van der Waals surface area (Å²) in [6.07, 6.45) is 12.0. The first-order chi connectivity index (χ1) is 10.4. The number of aliphatic hydroxyl groups excluding tert-OH is 2. The zero-order chi connectivity index (χ0) is 15.5. The van der Waals surface area contributed by atoms with E-state index in [1.165, 1.54) is 44.9 Å². The second-order valence-electron chi connectivity index (χ2n) is 9.58. The van der Waals surface area contributed by atoms with E-state index in [2.05, 4.69) is 13.8 Å². The molecule has 0 aromatic heterocycles. The fraction of sp³-hybridized carbons (Fsp3) is 1.00. The van der Waals surface area contributed by atoms with Crippen LogP contribution in [-0.4, -0.2) is 22.4 Å². The Morgan fingerprint density at radius 3 is 2.32 bits per heavy atom. The first kappa shape index (κ1) is 15.4. The highest BCUT2D eigenvalue weighted by atomic mass is 16.3. The monoisotopic (exact) mass is 306 g/mol. The smallest absolute Gasteiger partial charge is 0.0596 e. The molecule has 0 radical (unpaired) electrons. The normalized spacial score (nSPS) is 58.4. The number of fused-ring (bicyclic) bond motifs is 5. The Morgan fingerprint density at radius 2 is 1.50 bits per heavy atom. The van der Waals surface area contributed by atoms with E-state index in [1.807, 2.05) is 0 Å². The first-order valence-corrected chi connectivity index (χ1v) is 9.81. The van der Waals surface area contributed by atoms with Gasteiger partial charge >= 0.3 is 0 Å². The van der Waals surface area contributed by atoms with Gasteiger partial charge in [-0.15, -0.1) is 0 Å². The maximum atomic E-state index is 10.7. The van der Waals surface area contributed by atoms with Gasteiger partial charge in [0, 0.05) is 0 Å². The molecule has 0 heterocycles. The summed E-state index contributed by atoms with van der Waals surface area (Å²) in [7, 11) is 0. The topological polar surface area (TPSA) is 40.5 Å². The molecule has 0 aromatic carbocycles. The van der Waals surface area contributed by atoms with Crippen molar-refractivity contribution in [1.82, 2.24) is 0 Å². The molecular formula is C20H34O2. The van der Waals surface area contributed by atoms with Crippen LogP contribution in [0.15, 0.2) is 0 Å². The molecule has 4 fully saturated rings. The van der Waals surface area contributed by atoms with Gasteiger partial charge in [0.05, 0.1) is 12.2 Å². The highest BCUT2D eigenvalue weighted by Crippen LogP contribution is 2.65. The van der Waals surface area contributed by atoms with E-state index in [1.54, 1.807) is 0 Å². The molecule has 0 unspecified atom stereocenters. The minimum Gasteiger partial charge on any atom is -0.393 e. The van der Waals surface area contributed by atoms with Crippen LogP contribution in [0.3, 0.4) is 0 Å². The van der Waals surface area contributed by atoms with Gasteiger partial charge in [-0.1, -0.05) is 20.3 Å². The van der Waals surface area contributed by atoms with Crippen LogP contribution in [-0.2, 0) is 0 Å². The minimum absolute atomic E-state index is 0.0417. The van der Waals surface area contributed by atoms with Crippen LogP contribution >= 0.6 is 0 Å². The van der Waals surface area contributed by atoms with Crippen molar-refractivity contribution in [3.63, 3.8) is 0 Å². The second-order valence-corrected chi connectivity index (χ2v) is 9.58. The molecule has 0 aromatic rings. The molecule has 0 amide bonds. The molecule has 4 rings (SSSR count). The molecule has 0 bridgehead atoms. The van der Waals surface area contributed by atoms with Crippen molar-refractivity contribution in [3.8, 4) is 0 Å². The molecule has 4 aliphatic carbocycles. The lowest BCUT2D eigenvalue weighted by atomic mass is 9.43. The summed E-state index contributed by atoms with van der Waals surface area (Å²) in [4.78, 5) is 0. The Hall–Kier alpha value is -0.0800. The summed E-state index contributed by atoms with van der Waals surface area (Å²) in [6, 6.07) is 0. The summed E-state index contributed by atoms with van der Waals surface area (Å²) >= 11 is 0. The van der Waals surface area contributed by atoms with Gasteiger partial charge in [0.25, 0.3) is 0 Å². The lowest BCUT2D eigenvalue weighted by molar-refractivity contribution is -0.165. The zero-order valence-electron chi connectivity index (χ0n) is 14.4. The van der Waals surface area contributed by atoms with Crippen LogP contribution < -0.4 is 0 Å². The van der Waals surface area contributed by atoms with Gasteiger partial charge in [0.1, 0.15) is 0 Å². The third kappa shape index (κ3) is 2.05. The average Bonchev–Trinajstić information content (AvgIpc) is 2.49. The predicted molar refractivity (Wildman–Crippen MR) is 88.4 cm³/mol. The molecule has 2 nitrogen and oxygen atoms in total. The maximum absolute atomic E-state index is 10.7. The highest BCUT2D eigenvalue weighted by Gasteiger charge is 2.58. The number of rotatable bonds is 0. The average molecular weight is 306 g/mol. The van der Waals surface area contributed by atoms with Crippen molar-refractivity contribution in [1.29, 1.82) is 0 Å². The van der Waals surface area contributed by atoms with Crippen molar-refractivity contribution < 1.29 is 10.2 Å². The van der Waals surface area contributed by atoms with Crippen LogP contribution in [0.2, 0.25) is 0 Å². The quantitative estimate of drug-likeness (QED) is 0.706. The SMILES string of the molecule is C[C@]12CC[C@@H](O)C[C@H]1CC[C@H]1[C@H]3CCC[C@H](O)[C@]3(C)CC[C@@H]12. The second kappa shape index (κ2) is 5.21. The van der Waals surface area contributed by atoms with Crippen LogP contribution in [0.4, 0.5) is 0 Å². The molecule has 4 saturated carbocycles. The van der Waals surface area contributed by atoms with Gasteiger partial charge in [-0.3, -0.25) is 0 Å². The summed E-state index contributed by atoms with van der Waals surface area (Å²) < 4.78 is 0. The standard InChI is InChI=1S/C20H34O2/c1-19-10-8-14(21)12-13(19)6-7-15-16-4-3-5-18(22)20(16,2)11-9-17(15)19/h13-18,21-22H,3-12H2,1-2H3/t13-,14-,15+,16-,17+,18+,19+,20-/m1/s1. The van der Waals surface area contributed by atoms with Gasteiger partial charge < -0.3 is 10.2 Å². The Bertz CT molecular complexity index is 435. The first-order valence-electron chi connectivity index (χ1n) is 9.81. The van der Waals surface area contributed by atoms with E-state index >= 15 is 0 Å². The molecule has 2 N–H and O–H groups in total. The van der Waals surface area contributed by atoms with Gasteiger partial charge in [0.2, 0.25) is 0 Å². The number of hydrogen-bond donors (Lipinski definition) is 2.